The van der Waals surface area contributed by atoms with Crippen LogP contribution in [0.3, 0.4) is 0 Å². The number of hydrogen-bond acceptors (Lipinski definition) is 1. The van der Waals surface area contributed by atoms with Crippen LogP contribution < -0.4 is 0 Å². The minimum absolute atomic E-state index is 0.133. The van der Waals surface area contributed by atoms with Crippen molar-refractivity contribution in [3.8, 4) is 0 Å². The maximum Gasteiger partial charge on any atom is 0.307 e. The summed E-state index contributed by atoms with van der Waals surface area (Å²) in [6.07, 6.45) is 0.757. The molecule has 1 aliphatic rings. The lowest BCUT2D eigenvalue weighted by Crippen LogP contribution is -2.29. The number of hydrogen-bond donors (Lipinski definition) is 1. The first-order valence-corrected chi connectivity index (χ1v) is 6.22. The average Bonchev–Trinajstić information content (AvgIpc) is 2.52. The quantitative estimate of drug-likeness (QED) is 0.846. The molecule has 1 aliphatic carbocycles. The van der Waals surface area contributed by atoms with Crippen molar-refractivity contribution in [3.63, 3.8) is 0 Å². The molecule has 0 amide bonds. The van der Waals surface area contributed by atoms with Crippen molar-refractivity contribution in [1.82, 2.24) is 0 Å². The van der Waals surface area contributed by atoms with Gasteiger partial charge < -0.3 is 5.11 Å². The molecule has 0 aromatic heterocycles. The highest BCUT2D eigenvalue weighted by Gasteiger charge is 2.50. The molecule has 0 heterocycles. The van der Waals surface area contributed by atoms with E-state index < -0.39 is 5.97 Å². The van der Waals surface area contributed by atoms with Gasteiger partial charge in [-0.05, 0) is 29.2 Å². The summed E-state index contributed by atoms with van der Waals surface area (Å²) in [5.41, 5.74) is 1.14. The van der Waals surface area contributed by atoms with Crippen molar-refractivity contribution in [1.29, 1.82) is 0 Å². The molecule has 2 rings (SSSR count). The van der Waals surface area contributed by atoms with E-state index in [2.05, 4.69) is 32.9 Å². The summed E-state index contributed by atoms with van der Waals surface area (Å²) in [5, 5.41) is 9.33. The lowest BCUT2D eigenvalue weighted by atomic mass is 9.74. The summed E-state index contributed by atoms with van der Waals surface area (Å²) in [4.78, 5) is 11.3. The van der Waals surface area contributed by atoms with Crippen molar-refractivity contribution < 1.29 is 9.90 Å². The Balaban J connectivity index is 2.32. The molecule has 1 fully saturated rings. The number of carbonyl (C=O) groups is 1. The van der Waals surface area contributed by atoms with Gasteiger partial charge in [0.05, 0.1) is 5.92 Å². The van der Waals surface area contributed by atoms with Gasteiger partial charge in [-0.3, -0.25) is 4.79 Å². The average molecular weight is 232 g/mol. The Morgan fingerprint density at radius 2 is 1.88 bits per heavy atom. The molecule has 0 spiro atoms. The lowest BCUT2D eigenvalue weighted by molar-refractivity contribution is -0.145. The van der Waals surface area contributed by atoms with Crippen molar-refractivity contribution in [2.75, 3.05) is 0 Å². The SMILES string of the molecule is CC1C(c2ccccc2)CC(C(=O)O)C1(C)C. The predicted octanol–water partition coefficient (Wildman–Crippen LogP) is 3.54. The van der Waals surface area contributed by atoms with Crippen LogP contribution in [-0.2, 0) is 4.79 Å². The largest absolute Gasteiger partial charge is 0.481 e. The Bertz CT molecular complexity index is 408. The Labute approximate surface area is 103 Å². The van der Waals surface area contributed by atoms with E-state index in [1.54, 1.807) is 0 Å². The second kappa shape index (κ2) is 4.17. The van der Waals surface area contributed by atoms with Crippen LogP contribution in [0.1, 0.15) is 38.7 Å². The fourth-order valence-electron chi connectivity index (χ4n) is 3.14. The van der Waals surface area contributed by atoms with Crippen LogP contribution >= 0.6 is 0 Å². The standard InChI is InChI=1S/C15H20O2/c1-10-12(11-7-5-4-6-8-11)9-13(14(16)17)15(10,2)3/h4-8,10,12-13H,9H2,1-3H3,(H,16,17). The van der Waals surface area contributed by atoms with Gasteiger partial charge in [-0.1, -0.05) is 51.1 Å². The van der Waals surface area contributed by atoms with E-state index >= 15 is 0 Å². The van der Waals surface area contributed by atoms with Gasteiger partial charge in [-0.15, -0.1) is 0 Å². The van der Waals surface area contributed by atoms with E-state index in [-0.39, 0.29) is 11.3 Å². The molecule has 2 nitrogen and oxygen atoms in total. The molecule has 3 unspecified atom stereocenters. The molecular formula is C15H20O2. The molecule has 92 valence electrons. The van der Waals surface area contributed by atoms with Gasteiger partial charge in [-0.2, -0.15) is 0 Å². The van der Waals surface area contributed by atoms with Crippen LogP contribution in [0.4, 0.5) is 0 Å². The zero-order valence-corrected chi connectivity index (χ0v) is 10.7. The van der Waals surface area contributed by atoms with Crippen LogP contribution in [0.2, 0.25) is 0 Å². The summed E-state index contributed by atoms with van der Waals surface area (Å²) in [6, 6.07) is 10.3. The zero-order chi connectivity index (χ0) is 12.6. The van der Waals surface area contributed by atoms with Gasteiger partial charge in [0.15, 0.2) is 0 Å². The monoisotopic (exact) mass is 232 g/mol. The minimum atomic E-state index is -0.653. The zero-order valence-electron chi connectivity index (χ0n) is 10.7. The second-order valence-corrected chi connectivity index (χ2v) is 5.75. The first kappa shape index (κ1) is 12.2. The molecular weight excluding hydrogens is 212 g/mol. The first-order chi connectivity index (χ1) is 7.94. The number of rotatable bonds is 2. The van der Waals surface area contributed by atoms with Gasteiger partial charge in [0.1, 0.15) is 0 Å². The molecule has 1 aromatic rings. The van der Waals surface area contributed by atoms with Crippen LogP contribution in [0.5, 0.6) is 0 Å². The highest BCUT2D eigenvalue weighted by molar-refractivity contribution is 5.72. The third-order valence-corrected chi connectivity index (χ3v) is 4.69. The molecule has 0 bridgehead atoms. The van der Waals surface area contributed by atoms with E-state index in [0.717, 1.165) is 6.42 Å². The van der Waals surface area contributed by atoms with Crippen LogP contribution in [0, 0.1) is 17.3 Å². The molecule has 2 heteroatoms. The number of aliphatic carboxylic acids is 1. The predicted molar refractivity (Wildman–Crippen MR) is 67.9 cm³/mol. The molecule has 1 N–H and O–H groups in total. The summed E-state index contributed by atoms with van der Waals surface area (Å²) in [5.74, 6) is -0.124. The molecule has 17 heavy (non-hydrogen) atoms. The smallest absolute Gasteiger partial charge is 0.307 e. The number of carboxylic acid groups (broad SMARTS) is 1. The second-order valence-electron chi connectivity index (χ2n) is 5.75. The minimum Gasteiger partial charge on any atom is -0.481 e. The van der Waals surface area contributed by atoms with Crippen LogP contribution in [0.25, 0.3) is 0 Å². The molecule has 0 radical (unpaired) electrons. The summed E-state index contributed by atoms with van der Waals surface area (Å²) >= 11 is 0. The maximum atomic E-state index is 11.3. The van der Waals surface area contributed by atoms with Gasteiger partial charge >= 0.3 is 5.97 Å². The third kappa shape index (κ3) is 1.97. The molecule has 0 aliphatic heterocycles. The van der Waals surface area contributed by atoms with Gasteiger partial charge in [0.25, 0.3) is 0 Å². The number of carboxylic acids is 1. The van der Waals surface area contributed by atoms with E-state index in [4.69, 9.17) is 0 Å². The van der Waals surface area contributed by atoms with Crippen molar-refractivity contribution >= 4 is 5.97 Å². The normalized spacial score (nSPS) is 31.4. The van der Waals surface area contributed by atoms with Gasteiger partial charge in [-0.25, -0.2) is 0 Å². The van der Waals surface area contributed by atoms with E-state index in [1.807, 2.05) is 18.2 Å². The Hall–Kier alpha value is -1.31. The fourth-order valence-corrected chi connectivity index (χ4v) is 3.14. The molecule has 3 atom stereocenters. The lowest BCUT2D eigenvalue weighted by Gasteiger charge is -2.30. The maximum absolute atomic E-state index is 11.3. The summed E-state index contributed by atoms with van der Waals surface area (Å²) in [7, 11) is 0. The van der Waals surface area contributed by atoms with E-state index in [1.165, 1.54) is 5.56 Å². The van der Waals surface area contributed by atoms with E-state index in [9.17, 15) is 9.90 Å². The topological polar surface area (TPSA) is 37.3 Å². The van der Waals surface area contributed by atoms with Crippen LogP contribution in [0.15, 0.2) is 30.3 Å². The van der Waals surface area contributed by atoms with Crippen molar-refractivity contribution in [2.24, 2.45) is 17.3 Å². The van der Waals surface area contributed by atoms with Crippen molar-refractivity contribution in [2.45, 2.75) is 33.1 Å². The van der Waals surface area contributed by atoms with Crippen LogP contribution in [-0.4, -0.2) is 11.1 Å². The number of benzene rings is 1. The Morgan fingerprint density at radius 3 is 2.35 bits per heavy atom. The Kier molecular flexibility index (Phi) is 2.98. The van der Waals surface area contributed by atoms with E-state index in [0.29, 0.717) is 11.8 Å². The molecule has 0 saturated heterocycles. The molecule has 1 saturated carbocycles. The fraction of sp³-hybridized carbons (Fsp3) is 0.533. The van der Waals surface area contributed by atoms with Crippen molar-refractivity contribution in [3.05, 3.63) is 35.9 Å². The van der Waals surface area contributed by atoms with Gasteiger partial charge in [0.2, 0.25) is 0 Å². The first-order valence-electron chi connectivity index (χ1n) is 6.22. The highest BCUT2D eigenvalue weighted by Crippen LogP contribution is 2.54. The van der Waals surface area contributed by atoms with Gasteiger partial charge in [0, 0.05) is 0 Å². The highest BCUT2D eigenvalue weighted by atomic mass is 16.4. The summed E-state index contributed by atoms with van der Waals surface area (Å²) < 4.78 is 0. The third-order valence-electron chi connectivity index (χ3n) is 4.69. The molecule has 1 aromatic carbocycles. The Morgan fingerprint density at radius 1 is 1.29 bits per heavy atom. The summed E-state index contributed by atoms with van der Waals surface area (Å²) in [6.45, 7) is 6.35.